The topological polar surface area (TPSA) is 62.2 Å². The Morgan fingerprint density at radius 3 is 3.18 bits per heavy atom. The molecule has 0 aliphatic carbocycles. The molecule has 4 nitrogen and oxygen atoms in total. The molecule has 0 bridgehead atoms. The summed E-state index contributed by atoms with van der Waals surface area (Å²) in [5.74, 6) is 2.54. The second-order valence-corrected chi connectivity index (χ2v) is 2.46. The lowest BCUT2D eigenvalue weighted by molar-refractivity contribution is 0.209. The van der Waals surface area contributed by atoms with Crippen molar-refractivity contribution in [1.82, 2.24) is 4.98 Å². The van der Waals surface area contributed by atoms with Gasteiger partial charge in [0.1, 0.15) is 4.88 Å². The van der Waals surface area contributed by atoms with Crippen molar-refractivity contribution in [1.29, 1.82) is 0 Å². The number of aromatic nitrogens is 1. The molecule has 0 atom stereocenters. The van der Waals surface area contributed by atoms with Crippen molar-refractivity contribution < 1.29 is 9.90 Å². The first kappa shape index (κ1) is 7.57. The average Bonchev–Trinajstić information content (AvgIpc) is 2.34. The van der Waals surface area contributed by atoms with Crippen LogP contribution in [-0.2, 0) is 0 Å². The zero-order chi connectivity index (χ0) is 8.27. The molecule has 56 valence electrons. The molecule has 1 aromatic rings. The fourth-order valence-electron chi connectivity index (χ4n) is 0.539. The SMILES string of the molecule is C#Cc1scnc1NC(=O)O. The Hall–Kier alpha value is -1.54. The standard InChI is InChI=1S/C6H4N2O2S/c1-2-4-5(7-3-11-4)8-6(9)10/h1,3,8H,(H,9,10). The molecule has 1 aromatic heterocycles. The van der Waals surface area contributed by atoms with Gasteiger partial charge in [0.2, 0.25) is 0 Å². The molecular formula is C6H4N2O2S. The maximum Gasteiger partial charge on any atom is 0.410 e. The highest BCUT2D eigenvalue weighted by Crippen LogP contribution is 2.16. The number of thiazole rings is 1. The second-order valence-electron chi connectivity index (χ2n) is 1.60. The quantitative estimate of drug-likeness (QED) is 0.619. The summed E-state index contributed by atoms with van der Waals surface area (Å²) in [6, 6.07) is 0. The van der Waals surface area contributed by atoms with E-state index >= 15 is 0 Å². The van der Waals surface area contributed by atoms with Gasteiger partial charge in [0.25, 0.3) is 0 Å². The monoisotopic (exact) mass is 168 g/mol. The maximum atomic E-state index is 10.1. The molecule has 2 N–H and O–H groups in total. The highest BCUT2D eigenvalue weighted by atomic mass is 32.1. The number of anilines is 1. The van der Waals surface area contributed by atoms with E-state index in [0.717, 1.165) is 0 Å². The van der Waals surface area contributed by atoms with Gasteiger partial charge in [-0.25, -0.2) is 9.78 Å². The number of nitrogens with one attached hydrogen (secondary N) is 1. The van der Waals surface area contributed by atoms with E-state index in [-0.39, 0.29) is 5.82 Å². The van der Waals surface area contributed by atoms with Gasteiger partial charge in [-0.15, -0.1) is 17.8 Å². The third-order valence-corrected chi connectivity index (χ3v) is 1.68. The van der Waals surface area contributed by atoms with Gasteiger partial charge >= 0.3 is 6.09 Å². The summed E-state index contributed by atoms with van der Waals surface area (Å²) in [6.45, 7) is 0. The maximum absolute atomic E-state index is 10.1. The first-order valence-electron chi connectivity index (χ1n) is 2.64. The Kier molecular flexibility index (Phi) is 2.09. The zero-order valence-corrected chi connectivity index (χ0v) is 6.18. The van der Waals surface area contributed by atoms with Crippen molar-refractivity contribution in [3.8, 4) is 12.3 Å². The number of carbonyl (C=O) groups is 1. The van der Waals surface area contributed by atoms with Crippen LogP contribution in [0.1, 0.15) is 4.88 Å². The summed E-state index contributed by atoms with van der Waals surface area (Å²) in [7, 11) is 0. The van der Waals surface area contributed by atoms with Crippen molar-refractivity contribution >= 4 is 23.2 Å². The fourth-order valence-corrected chi connectivity index (χ4v) is 1.09. The minimum absolute atomic E-state index is 0.227. The van der Waals surface area contributed by atoms with E-state index in [2.05, 4.69) is 16.2 Å². The first-order chi connectivity index (χ1) is 5.24. The minimum atomic E-state index is -1.16. The van der Waals surface area contributed by atoms with E-state index in [1.54, 1.807) is 0 Å². The van der Waals surface area contributed by atoms with Crippen LogP contribution in [-0.4, -0.2) is 16.2 Å². The van der Waals surface area contributed by atoms with E-state index in [9.17, 15) is 4.79 Å². The van der Waals surface area contributed by atoms with Gasteiger partial charge < -0.3 is 5.11 Å². The van der Waals surface area contributed by atoms with Crippen LogP contribution < -0.4 is 5.32 Å². The largest absolute Gasteiger partial charge is 0.465 e. The second kappa shape index (κ2) is 3.03. The van der Waals surface area contributed by atoms with Crippen LogP contribution in [0.5, 0.6) is 0 Å². The van der Waals surface area contributed by atoms with Crippen LogP contribution >= 0.6 is 11.3 Å². The Balaban J connectivity index is 2.87. The number of nitrogens with zero attached hydrogens (tertiary/aromatic N) is 1. The molecule has 0 aliphatic rings. The molecule has 0 saturated carbocycles. The molecule has 0 spiro atoms. The zero-order valence-electron chi connectivity index (χ0n) is 5.37. The lowest BCUT2D eigenvalue weighted by atomic mass is 10.5. The lowest BCUT2D eigenvalue weighted by Crippen LogP contribution is -2.08. The van der Waals surface area contributed by atoms with Crippen LogP contribution in [0.2, 0.25) is 0 Å². The molecule has 5 heteroatoms. The Morgan fingerprint density at radius 1 is 1.91 bits per heavy atom. The summed E-state index contributed by atoms with van der Waals surface area (Å²) in [5.41, 5.74) is 1.49. The predicted octanol–water partition coefficient (Wildman–Crippen LogP) is 1.21. The fraction of sp³-hybridized carbons (Fsp3) is 0. The smallest absolute Gasteiger partial charge is 0.410 e. The summed E-state index contributed by atoms with van der Waals surface area (Å²) in [5, 5.41) is 10.4. The van der Waals surface area contributed by atoms with Gasteiger partial charge in [0.05, 0.1) is 5.51 Å². The molecule has 0 saturated heterocycles. The van der Waals surface area contributed by atoms with Gasteiger partial charge in [-0.3, -0.25) is 5.32 Å². The van der Waals surface area contributed by atoms with Crippen molar-refractivity contribution in [2.75, 3.05) is 5.32 Å². The van der Waals surface area contributed by atoms with E-state index in [4.69, 9.17) is 11.5 Å². The Bertz CT molecular complexity index is 313. The van der Waals surface area contributed by atoms with Crippen molar-refractivity contribution in [2.45, 2.75) is 0 Å². The number of amides is 1. The summed E-state index contributed by atoms with van der Waals surface area (Å²) in [4.78, 5) is 14.3. The number of hydrogen-bond donors (Lipinski definition) is 2. The number of hydrogen-bond acceptors (Lipinski definition) is 3. The van der Waals surface area contributed by atoms with Gasteiger partial charge in [0, 0.05) is 0 Å². The molecule has 0 aromatic carbocycles. The molecule has 0 aliphatic heterocycles. The van der Waals surface area contributed by atoms with Crippen LogP contribution in [0.15, 0.2) is 5.51 Å². The highest BCUT2D eigenvalue weighted by molar-refractivity contribution is 7.10. The normalized spacial score (nSPS) is 8.64. The van der Waals surface area contributed by atoms with E-state index < -0.39 is 6.09 Å². The molecular weight excluding hydrogens is 164 g/mol. The van der Waals surface area contributed by atoms with Gasteiger partial charge in [0.15, 0.2) is 5.82 Å². The minimum Gasteiger partial charge on any atom is -0.465 e. The van der Waals surface area contributed by atoms with E-state index in [1.807, 2.05) is 0 Å². The Labute approximate surface area is 66.9 Å². The number of terminal acetylenes is 1. The van der Waals surface area contributed by atoms with E-state index in [1.165, 1.54) is 16.8 Å². The Morgan fingerprint density at radius 2 is 2.64 bits per heavy atom. The first-order valence-corrected chi connectivity index (χ1v) is 3.52. The molecule has 1 heterocycles. The molecule has 0 fully saturated rings. The number of rotatable bonds is 1. The number of carboxylic acid groups (broad SMARTS) is 1. The molecule has 1 rings (SSSR count). The lowest BCUT2D eigenvalue weighted by Gasteiger charge is -1.93. The van der Waals surface area contributed by atoms with Crippen molar-refractivity contribution in [3.05, 3.63) is 10.4 Å². The molecule has 11 heavy (non-hydrogen) atoms. The van der Waals surface area contributed by atoms with Crippen LogP contribution in [0.25, 0.3) is 0 Å². The predicted molar refractivity (Wildman–Crippen MR) is 41.7 cm³/mol. The van der Waals surface area contributed by atoms with Gasteiger partial charge in [-0.05, 0) is 0 Å². The molecule has 0 radical (unpaired) electrons. The van der Waals surface area contributed by atoms with Gasteiger partial charge in [-0.2, -0.15) is 0 Å². The average molecular weight is 168 g/mol. The van der Waals surface area contributed by atoms with Crippen molar-refractivity contribution in [2.24, 2.45) is 0 Å². The van der Waals surface area contributed by atoms with Crippen LogP contribution in [0.4, 0.5) is 10.6 Å². The third kappa shape index (κ3) is 1.69. The summed E-state index contributed by atoms with van der Waals surface area (Å²) < 4.78 is 0. The summed E-state index contributed by atoms with van der Waals surface area (Å²) >= 11 is 1.22. The summed E-state index contributed by atoms with van der Waals surface area (Å²) in [6.07, 6.45) is 3.90. The van der Waals surface area contributed by atoms with Crippen LogP contribution in [0.3, 0.4) is 0 Å². The van der Waals surface area contributed by atoms with Gasteiger partial charge in [-0.1, -0.05) is 5.92 Å². The molecule has 1 amide bonds. The third-order valence-electron chi connectivity index (χ3n) is 0.924. The van der Waals surface area contributed by atoms with Crippen molar-refractivity contribution in [3.63, 3.8) is 0 Å². The van der Waals surface area contributed by atoms with E-state index in [0.29, 0.717) is 4.88 Å². The molecule has 0 unspecified atom stereocenters. The highest BCUT2D eigenvalue weighted by Gasteiger charge is 2.05. The van der Waals surface area contributed by atoms with Crippen LogP contribution in [0, 0.1) is 12.3 Å².